The van der Waals surface area contributed by atoms with Crippen molar-refractivity contribution in [2.75, 3.05) is 0 Å². The van der Waals surface area contributed by atoms with Gasteiger partial charge in [0, 0.05) is 0 Å². The van der Waals surface area contributed by atoms with Crippen molar-refractivity contribution >= 4 is 23.0 Å². The van der Waals surface area contributed by atoms with Gasteiger partial charge in [-0.3, -0.25) is 0 Å². The van der Waals surface area contributed by atoms with Crippen LogP contribution in [0.4, 0.5) is 0 Å². The van der Waals surface area contributed by atoms with E-state index in [2.05, 4.69) is 23.0 Å². The van der Waals surface area contributed by atoms with Crippen LogP contribution >= 0.6 is 0 Å². The van der Waals surface area contributed by atoms with Crippen LogP contribution in [0.3, 0.4) is 0 Å². The molecule has 0 unspecified atom stereocenters. The number of rotatable bonds is 0. The Morgan fingerprint density at radius 3 is 1.07 bits per heavy atom. The quantitative estimate of drug-likeness (QED) is 0.550. The fourth-order valence-corrected chi connectivity index (χ4v) is 3.54. The van der Waals surface area contributed by atoms with Crippen molar-refractivity contribution in [2.24, 2.45) is 0 Å². The predicted octanol–water partition coefficient (Wildman–Crippen LogP) is 5.03. The molecule has 0 spiro atoms. The van der Waals surface area contributed by atoms with E-state index >= 15 is 0 Å². The predicted molar refractivity (Wildman–Crippen MR) is 69.5 cm³/mol. The van der Waals surface area contributed by atoms with Crippen molar-refractivity contribution in [3.63, 3.8) is 0 Å². The second-order valence-corrected chi connectivity index (χ2v) is 7.20. The molecule has 2 radical (unpaired) electrons. The molecule has 0 N–H and O–H groups in total. The standard InChI is InChI=1S/C14H27.Sb/c1-2-4-6-8-10-12-14-13-11-9-7-5-3-1;/h1H,2-14H2;. The van der Waals surface area contributed by atoms with E-state index in [-0.39, 0.29) is 0 Å². The zero-order chi connectivity index (χ0) is 10.8. The van der Waals surface area contributed by atoms with Crippen LogP contribution in [-0.2, 0) is 0 Å². The molecular weight excluding hydrogens is 290 g/mol. The van der Waals surface area contributed by atoms with Gasteiger partial charge >= 0.3 is 110 Å². The third kappa shape index (κ3) is 8.61. The van der Waals surface area contributed by atoms with Gasteiger partial charge in [0.05, 0.1) is 0 Å². The molecule has 0 nitrogen and oxygen atoms in total. The van der Waals surface area contributed by atoms with E-state index in [4.69, 9.17) is 0 Å². The average Bonchev–Trinajstić information content (AvgIpc) is 2.24. The minimum absolute atomic E-state index is 1.04. The van der Waals surface area contributed by atoms with Gasteiger partial charge in [0.2, 0.25) is 0 Å². The molecule has 0 bridgehead atoms. The van der Waals surface area contributed by atoms with Gasteiger partial charge in [-0.05, 0) is 0 Å². The van der Waals surface area contributed by atoms with Crippen molar-refractivity contribution in [2.45, 2.75) is 87.3 Å². The molecular formula is C14H27Sb. The Morgan fingerprint density at radius 2 is 0.733 bits per heavy atom. The van der Waals surface area contributed by atoms with E-state index in [0.29, 0.717) is 0 Å². The van der Waals surface area contributed by atoms with Crippen molar-refractivity contribution in [3.8, 4) is 0 Å². The molecule has 0 atom stereocenters. The molecule has 88 valence electrons. The van der Waals surface area contributed by atoms with Crippen LogP contribution in [0.25, 0.3) is 0 Å². The third-order valence-electron chi connectivity index (χ3n) is 3.57. The maximum atomic E-state index is 2.09. The summed E-state index contributed by atoms with van der Waals surface area (Å²) in [6, 6.07) is 0. The molecule has 1 saturated carbocycles. The Morgan fingerprint density at radius 1 is 0.467 bits per heavy atom. The molecule has 0 aliphatic heterocycles. The average molecular weight is 317 g/mol. The van der Waals surface area contributed by atoms with Gasteiger partial charge in [0.25, 0.3) is 0 Å². The zero-order valence-corrected chi connectivity index (χ0v) is 12.8. The molecule has 1 heteroatoms. The van der Waals surface area contributed by atoms with Crippen molar-refractivity contribution in [3.05, 3.63) is 0 Å². The summed E-state index contributed by atoms with van der Waals surface area (Å²) in [6.45, 7) is 0. The molecule has 0 amide bonds. The second-order valence-electron chi connectivity index (χ2n) is 5.12. The van der Waals surface area contributed by atoms with Gasteiger partial charge in [0.1, 0.15) is 0 Å². The molecule has 1 rings (SSSR count). The summed E-state index contributed by atoms with van der Waals surface area (Å²) in [7, 11) is 0. The topological polar surface area (TPSA) is 0 Å². The summed E-state index contributed by atoms with van der Waals surface area (Å²) in [5.74, 6) is 0. The first-order valence-corrected chi connectivity index (χ1v) is 8.55. The molecule has 15 heavy (non-hydrogen) atoms. The Bertz CT molecular complexity index is 119. The summed E-state index contributed by atoms with van der Waals surface area (Å²) < 4.78 is 1.04. The van der Waals surface area contributed by atoms with Crippen LogP contribution in [0, 0.1) is 0 Å². The van der Waals surface area contributed by atoms with Crippen LogP contribution in [0.1, 0.15) is 83.5 Å². The molecule has 0 aromatic carbocycles. The van der Waals surface area contributed by atoms with Crippen molar-refractivity contribution in [1.82, 2.24) is 0 Å². The first kappa shape index (κ1) is 13.9. The molecule has 1 fully saturated rings. The Hall–Kier alpha value is 0.818. The monoisotopic (exact) mass is 316 g/mol. The summed E-state index contributed by atoms with van der Waals surface area (Å²) in [4.78, 5) is 0. The van der Waals surface area contributed by atoms with Gasteiger partial charge in [-0.1, -0.05) is 0 Å². The summed E-state index contributed by atoms with van der Waals surface area (Å²) in [6.07, 6.45) is 19.5. The van der Waals surface area contributed by atoms with E-state index in [1.807, 2.05) is 0 Å². The first-order valence-electron chi connectivity index (χ1n) is 7.07. The molecule has 0 aromatic rings. The SMILES string of the molecule is [Sb][CH]1CCCCCCCCCCCCC1. The van der Waals surface area contributed by atoms with Gasteiger partial charge in [-0.25, -0.2) is 0 Å². The van der Waals surface area contributed by atoms with Crippen LogP contribution in [0.15, 0.2) is 0 Å². The van der Waals surface area contributed by atoms with Gasteiger partial charge in [-0.2, -0.15) is 0 Å². The maximum absolute atomic E-state index is 2.09. The normalized spacial score (nSPS) is 24.6. The second kappa shape index (κ2) is 10.0. The van der Waals surface area contributed by atoms with E-state index in [0.717, 1.165) is 3.86 Å². The first-order chi connectivity index (χ1) is 7.39. The van der Waals surface area contributed by atoms with Crippen LogP contribution < -0.4 is 0 Å². The fraction of sp³-hybridized carbons (Fsp3) is 1.00. The fourth-order valence-electron chi connectivity index (χ4n) is 2.50. The summed E-state index contributed by atoms with van der Waals surface area (Å²) >= 11 is 2.09. The zero-order valence-electron chi connectivity index (χ0n) is 10.2. The van der Waals surface area contributed by atoms with Crippen molar-refractivity contribution < 1.29 is 0 Å². The van der Waals surface area contributed by atoms with Crippen LogP contribution in [0.2, 0.25) is 3.86 Å². The molecule has 0 saturated heterocycles. The Balaban J connectivity index is 2.10. The Kier molecular flexibility index (Phi) is 9.26. The van der Waals surface area contributed by atoms with Gasteiger partial charge in [0.15, 0.2) is 0 Å². The minimum atomic E-state index is 1.04. The van der Waals surface area contributed by atoms with Crippen LogP contribution in [-0.4, -0.2) is 23.0 Å². The molecule has 1 aliphatic carbocycles. The van der Waals surface area contributed by atoms with E-state index in [1.165, 1.54) is 83.5 Å². The summed E-state index contributed by atoms with van der Waals surface area (Å²) in [5, 5.41) is 0. The third-order valence-corrected chi connectivity index (χ3v) is 5.05. The molecule has 0 aromatic heterocycles. The van der Waals surface area contributed by atoms with Gasteiger partial charge in [-0.15, -0.1) is 0 Å². The van der Waals surface area contributed by atoms with E-state index in [9.17, 15) is 0 Å². The molecule has 1 aliphatic rings. The van der Waals surface area contributed by atoms with Crippen LogP contribution in [0.5, 0.6) is 0 Å². The van der Waals surface area contributed by atoms with Crippen molar-refractivity contribution in [1.29, 1.82) is 0 Å². The number of hydrogen-bond acceptors (Lipinski definition) is 0. The van der Waals surface area contributed by atoms with E-state index in [1.54, 1.807) is 0 Å². The number of hydrogen-bond donors (Lipinski definition) is 0. The van der Waals surface area contributed by atoms with E-state index < -0.39 is 0 Å². The summed E-state index contributed by atoms with van der Waals surface area (Å²) in [5.41, 5.74) is 0. The molecule has 0 heterocycles. The van der Waals surface area contributed by atoms with Gasteiger partial charge < -0.3 is 0 Å². The Labute approximate surface area is 110 Å².